The summed E-state index contributed by atoms with van der Waals surface area (Å²) in [5.74, 6) is -2.85. The summed E-state index contributed by atoms with van der Waals surface area (Å²) in [6.07, 6.45) is -0.230. The molecule has 4 nitrogen and oxygen atoms in total. The third kappa shape index (κ3) is 5.98. The van der Waals surface area contributed by atoms with Gasteiger partial charge in [-0.2, -0.15) is 0 Å². The number of hydrogen-bond acceptors (Lipinski definition) is 4. The van der Waals surface area contributed by atoms with Crippen molar-refractivity contribution >= 4 is 15.6 Å². The van der Waals surface area contributed by atoms with E-state index >= 15 is 0 Å². The molecule has 0 bridgehead atoms. The van der Waals surface area contributed by atoms with Crippen LogP contribution in [0.15, 0.2) is 35.2 Å². The van der Waals surface area contributed by atoms with E-state index < -0.39 is 38.6 Å². The number of ketones is 1. The van der Waals surface area contributed by atoms with Crippen molar-refractivity contribution in [1.82, 2.24) is 0 Å². The number of carbonyl (C=O) groups excluding carboxylic acids is 1. The first-order valence-corrected chi connectivity index (χ1v) is 11.9. The first-order valence-electron chi connectivity index (χ1n) is 10.2. The first-order chi connectivity index (χ1) is 14.1. The quantitative estimate of drug-likeness (QED) is 0.610. The van der Waals surface area contributed by atoms with Gasteiger partial charge >= 0.3 is 0 Å². The Morgan fingerprint density at radius 3 is 2.16 bits per heavy atom. The van der Waals surface area contributed by atoms with Gasteiger partial charge in [0.1, 0.15) is 17.4 Å². The van der Waals surface area contributed by atoms with E-state index in [-0.39, 0.29) is 28.7 Å². The fraction of sp³-hybridized carbons (Fsp3) is 0.458. The van der Waals surface area contributed by atoms with E-state index in [1.165, 1.54) is 26.0 Å². The van der Waals surface area contributed by atoms with Gasteiger partial charge in [0.2, 0.25) is 0 Å². The molecule has 0 saturated heterocycles. The fourth-order valence-corrected chi connectivity index (χ4v) is 4.95. The minimum Gasteiger partial charge on any atom is -0.386 e. The molecule has 0 aliphatic rings. The van der Waals surface area contributed by atoms with Crippen molar-refractivity contribution in [2.75, 3.05) is 5.75 Å². The number of hydrogen-bond donors (Lipinski definition) is 1. The highest BCUT2D eigenvalue weighted by Gasteiger charge is 2.26. The molecule has 170 valence electrons. The number of carbonyl (C=O) groups is 1. The van der Waals surface area contributed by atoms with Crippen LogP contribution in [0, 0.1) is 11.6 Å². The molecule has 2 aromatic rings. The summed E-state index contributed by atoms with van der Waals surface area (Å²) in [4.78, 5) is 12.4. The molecule has 7 heteroatoms. The predicted octanol–water partition coefficient (Wildman–Crippen LogP) is 5.02. The Labute approximate surface area is 183 Å². The zero-order valence-corrected chi connectivity index (χ0v) is 19.6. The highest BCUT2D eigenvalue weighted by Crippen LogP contribution is 2.31. The first kappa shape index (κ1) is 25.1. The number of aliphatic hydroxyl groups is 1. The van der Waals surface area contributed by atoms with E-state index in [4.69, 9.17) is 0 Å². The van der Waals surface area contributed by atoms with E-state index in [1.807, 2.05) is 27.7 Å². The van der Waals surface area contributed by atoms with Gasteiger partial charge in [0.05, 0.1) is 10.5 Å². The maximum absolute atomic E-state index is 14.5. The second-order valence-corrected chi connectivity index (χ2v) is 11.0. The molecule has 0 unspecified atom stereocenters. The van der Waals surface area contributed by atoms with Crippen LogP contribution in [0.5, 0.6) is 0 Å². The van der Waals surface area contributed by atoms with Crippen LogP contribution in [-0.4, -0.2) is 25.1 Å². The molecule has 2 rings (SSSR count). The van der Waals surface area contributed by atoms with Gasteiger partial charge in [-0.3, -0.25) is 4.79 Å². The molecule has 0 aromatic heterocycles. The van der Waals surface area contributed by atoms with Gasteiger partial charge in [-0.15, -0.1) is 0 Å². The van der Waals surface area contributed by atoms with Crippen molar-refractivity contribution < 1.29 is 27.1 Å². The average Bonchev–Trinajstić information content (AvgIpc) is 2.59. The lowest BCUT2D eigenvalue weighted by molar-refractivity contribution is -0.116. The Morgan fingerprint density at radius 1 is 1.03 bits per heavy atom. The van der Waals surface area contributed by atoms with Crippen LogP contribution in [0.25, 0.3) is 0 Å². The zero-order chi connectivity index (χ0) is 23.7. The summed E-state index contributed by atoms with van der Waals surface area (Å²) < 4.78 is 54.2. The second-order valence-electron chi connectivity index (χ2n) is 9.05. The van der Waals surface area contributed by atoms with Crippen molar-refractivity contribution in [2.45, 2.75) is 70.3 Å². The summed E-state index contributed by atoms with van der Waals surface area (Å²) in [7, 11) is -4.16. The Bertz CT molecular complexity index is 1080. The molecule has 0 radical (unpaired) electrons. The third-order valence-corrected chi connectivity index (χ3v) is 6.86. The van der Waals surface area contributed by atoms with E-state index in [9.17, 15) is 27.1 Å². The Hall–Kier alpha value is -2.12. The van der Waals surface area contributed by atoms with Crippen LogP contribution in [0.1, 0.15) is 75.6 Å². The number of sulfone groups is 1. The normalized spacial score (nSPS) is 12.6. The van der Waals surface area contributed by atoms with Crippen molar-refractivity contribution in [3.8, 4) is 0 Å². The molecule has 0 heterocycles. The van der Waals surface area contributed by atoms with Crippen molar-refractivity contribution in [3.05, 3.63) is 64.2 Å². The molecule has 31 heavy (non-hydrogen) atoms. The molecule has 0 saturated carbocycles. The van der Waals surface area contributed by atoms with Gasteiger partial charge in [0.25, 0.3) is 0 Å². The number of rotatable bonds is 8. The maximum atomic E-state index is 14.5. The highest BCUT2D eigenvalue weighted by atomic mass is 32.2. The van der Waals surface area contributed by atoms with Crippen molar-refractivity contribution in [3.63, 3.8) is 0 Å². The summed E-state index contributed by atoms with van der Waals surface area (Å²) in [5, 5.41) is 10.1. The Balaban J connectivity index is 2.42. The lowest BCUT2D eigenvalue weighted by Crippen LogP contribution is -2.22. The molecular weight excluding hydrogens is 422 g/mol. The van der Waals surface area contributed by atoms with Crippen LogP contribution in [-0.2, 0) is 26.7 Å². The molecule has 0 atom stereocenters. The van der Waals surface area contributed by atoms with Gasteiger partial charge in [0, 0.05) is 6.42 Å². The molecule has 2 aromatic carbocycles. The minimum absolute atomic E-state index is 0.0232. The molecule has 0 aliphatic heterocycles. The Kier molecular flexibility index (Phi) is 7.43. The van der Waals surface area contributed by atoms with Gasteiger partial charge in [0.15, 0.2) is 15.6 Å². The van der Waals surface area contributed by atoms with Crippen molar-refractivity contribution in [1.29, 1.82) is 0 Å². The summed E-state index contributed by atoms with van der Waals surface area (Å²) >= 11 is 0. The summed E-state index contributed by atoms with van der Waals surface area (Å²) in [5.41, 5.74) is 0.364. The zero-order valence-electron chi connectivity index (χ0n) is 18.8. The fourth-order valence-electron chi connectivity index (χ4n) is 3.65. The average molecular weight is 453 g/mol. The van der Waals surface area contributed by atoms with Gasteiger partial charge in [-0.05, 0) is 72.2 Å². The van der Waals surface area contributed by atoms with E-state index in [1.54, 1.807) is 6.07 Å². The van der Waals surface area contributed by atoms with Gasteiger partial charge < -0.3 is 5.11 Å². The largest absolute Gasteiger partial charge is 0.386 e. The van der Waals surface area contributed by atoms with Gasteiger partial charge in [-0.25, -0.2) is 17.2 Å². The Morgan fingerprint density at radius 2 is 1.65 bits per heavy atom. The minimum atomic E-state index is -4.16. The van der Waals surface area contributed by atoms with Crippen LogP contribution in [0.2, 0.25) is 0 Å². The van der Waals surface area contributed by atoms with E-state index in [0.29, 0.717) is 11.1 Å². The van der Waals surface area contributed by atoms with Crippen LogP contribution in [0.3, 0.4) is 0 Å². The van der Waals surface area contributed by atoms with E-state index in [0.717, 1.165) is 17.7 Å². The summed E-state index contributed by atoms with van der Waals surface area (Å²) in [6, 6.07) is 6.06. The molecule has 0 amide bonds. The third-order valence-electron chi connectivity index (χ3n) is 5.20. The SMILES string of the molecule is CC(C)c1ccc(F)c(C(C)C)c1CC(=O)CS(=O)(=O)c1cc(F)cc(C(C)(C)O)c1. The van der Waals surface area contributed by atoms with E-state index in [2.05, 4.69) is 0 Å². The monoisotopic (exact) mass is 452 g/mol. The van der Waals surface area contributed by atoms with Crippen molar-refractivity contribution in [2.24, 2.45) is 0 Å². The smallest absolute Gasteiger partial charge is 0.185 e. The molecule has 1 N–H and O–H groups in total. The lowest BCUT2D eigenvalue weighted by atomic mass is 9.86. The maximum Gasteiger partial charge on any atom is 0.185 e. The summed E-state index contributed by atoms with van der Waals surface area (Å²) in [6.45, 7) is 10.3. The van der Waals surface area contributed by atoms with Gasteiger partial charge in [-0.1, -0.05) is 33.8 Å². The number of benzene rings is 2. The molecule has 0 spiro atoms. The topological polar surface area (TPSA) is 71.4 Å². The molecule has 0 fully saturated rings. The predicted molar refractivity (Wildman–Crippen MR) is 117 cm³/mol. The molecule has 0 aliphatic carbocycles. The second kappa shape index (κ2) is 9.17. The molecular formula is C24H30F2O4S. The van der Waals surface area contributed by atoms with Crippen LogP contribution < -0.4 is 0 Å². The number of Topliss-reactive ketones (excluding diaryl/α,β-unsaturated/α-hetero) is 1. The lowest BCUT2D eigenvalue weighted by Gasteiger charge is -2.20. The van der Waals surface area contributed by atoms with Crippen LogP contribution >= 0.6 is 0 Å². The number of halogens is 2. The standard InChI is InChI=1S/C24H30F2O4S/c1-14(2)20-7-8-22(26)23(15(3)4)21(20)12-18(27)13-31(29,30)19-10-16(24(5,6)28)9-17(25)11-19/h7-11,14-15,28H,12-13H2,1-6H3. The van der Waals surface area contributed by atoms with Crippen LogP contribution in [0.4, 0.5) is 8.78 Å². The highest BCUT2D eigenvalue weighted by molar-refractivity contribution is 7.92.